The van der Waals surface area contributed by atoms with Crippen molar-refractivity contribution in [1.29, 1.82) is 0 Å². The lowest BCUT2D eigenvalue weighted by Gasteiger charge is -2.34. The molecule has 0 aliphatic heterocycles. The third-order valence-corrected chi connectivity index (χ3v) is 10.2. The van der Waals surface area contributed by atoms with Crippen molar-refractivity contribution >= 4 is 50.7 Å². The van der Waals surface area contributed by atoms with Crippen molar-refractivity contribution in [3.8, 4) is 5.75 Å². The van der Waals surface area contributed by atoms with Crippen molar-refractivity contribution in [2.24, 2.45) is 0 Å². The molecule has 0 saturated carbocycles. The number of rotatable bonds is 15. The standard InChI is InChI=1S/C36H39Cl2N3O5S/c1-4-26(3)39-36(43)33(23-27-14-8-6-9-15-27)40(24-28-20-21-30(37)31(38)22-28)35(42)25-41(32-18-12-13-19-34(32)46-5-2)47(44,45)29-16-10-7-11-17-29/h6-22,26,33H,4-5,23-25H2,1-3H3,(H,39,43)/t26-,33+/m0/s1. The molecule has 0 aliphatic rings. The number of hydrogen-bond acceptors (Lipinski definition) is 5. The minimum Gasteiger partial charge on any atom is -0.492 e. The fourth-order valence-corrected chi connectivity index (χ4v) is 6.77. The number of nitrogens with one attached hydrogen (secondary N) is 1. The summed E-state index contributed by atoms with van der Waals surface area (Å²) in [7, 11) is -4.27. The van der Waals surface area contributed by atoms with Gasteiger partial charge < -0.3 is 15.0 Å². The Hall–Kier alpha value is -4.05. The Balaban J connectivity index is 1.85. The zero-order chi connectivity index (χ0) is 34.0. The van der Waals surface area contributed by atoms with Gasteiger partial charge in [-0.15, -0.1) is 0 Å². The predicted molar refractivity (Wildman–Crippen MR) is 187 cm³/mol. The van der Waals surface area contributed by atoms with Crippen LogP contribution >= 0.6 is 23.2 Å². The molecule has 4 rings (SSSR count). The molecular formula is C36H39Cl2N3O5S. The normalized spacial score (nSPS) is 12.5. The van der Waals surface area contributed by atoms with Gasteiger partial charge in [-0.05, 0) is 67.8 Å². The fourth-order valence-electron chi connectivity index (χ4n) is 5.00. The van der Waals surface area contributed by atoms with Crippen LogP contribution in [0.15, 0.2) is 108 Å². The third kappa shape index (κ3) is 9.28. The van der Waals surface area contributed by atoms with E-state index in [2.05, 4.69) is 5.32 Å². The van der Waals surface area contributed by atoms with Gasteiger partial charge in [0.15, 0.2) is 0 Å². The zero-order valence-corrected chi connectivity index (χ0v) is 28.9. The molecule has 0 aliphatic carbocycles. The highest BCUT2D eigenvalue weighted by Gasteiger charge is 2.35. The average Bonchev–Trinajstić information content (AvgIpc) is 3.08. The highest BCUT2D eigenvalue weighted by molar-refractivity contribution is 7.92. The van der Waals surface area contributed by atoms with E-state index in [1.54, 1.807) is 67.6 Å². The molecular weight excluding hydrogens is 657 g/mol. The van der Waals surface area contributed by atoms with Crippen LogP contribution in [0.4, 0.5) is 5.69 Å². The van der Waals surface area contributed by atoms with Crippen LogP contribution in [-0.2, 0) is 32.6 Å². The summed E-state index contributed by atoms with van der Waals surface area (Å²) in [6, 6.07) is 27.8. The van der Waals surface area contributed by atoms with Crippen LogP contribution < -0.4 is 14.4 Å². The number of sulfonamides is 1. The second kappa shape index (κ2) is 16.7. The van der Waals surface area contributed by atoms with E-state index in [9.17, 15) is 18.0 Å². The first-order valence-electron chi connectivity index (χ1n) is 15.4. The molecule has 0 saturated heterocycles. The number of carbonyl (C=O) groups is 2. The summed E-state index contributed by atoms with van der Waals surface area (Å²) in [6.07, 6.45) is 0.874. The van der Waals surface area contributed by atoms with Crippen molar-refractivity contribution in [1.82, 2.24) is 10.2 Å². The predicted octanol–water partition coefficient (Wildman–Crippen LogP) is 7.14. The van der Waals surface area contributed by atoms with Gasteiger partial charge in [0.1, 0.15) is 18.3 Å². The Labute approximate surface area is 287 Å². The lowest BCUT2D eigenvalue weighted by atomic mass is 10.0. The Kier molecular flexibility index (Phi) is 12.7. The van der Waals surface area contributed by atoms with E-state index in [0.29, 0.717) is 27.8 Å². The number of nitrogens with zero attached hydrogens (tertiary/aromatic N) is 2. The second-order valence-corrected chi connectivity index (χ2v) is 13.7. The third-order valence-electron chi connectivity index (χ3n) is 7.65. The lowest BCUT2D eigenvalue weighted by Crippen LogP contribution is -2.54. The van der Waals surface area contributed by atoms with Crippen LogP contribution in [0.25, 0.3) is 0 Å². The summed E-state index contributed by atoms with van der Waals surface area (Å²) < 4.78 is 35.4. The van der Waals surface area contributed by atoms with Gasteiger partial charge in [-0.1, -0.05) is 96.9 Å². The largest absolute Gasteiger partial charge is 0.492 e. The van der Waals surface area contributed by atoms with E-state index < -0.39 is 28.5 Å². The lowest BCUT2D eigenvalue weighted by molar-refractivity contribution is -0.140. The maximum atomic E-state index is 14.7. The van der Waals surface area contributed by atoms with Crippen LogP contribution in [0.3, 0.4) is 0 Å². The Bertz CT molecular complexity index is 1760. The van der Waals surface area contributed by atoms with Gasteiger partial charge in [0, 0.05) is 19.0 Å². The summed E-state index contributed by atoms with van der Waals surface area (Å²) in [5.41, 5.74) is 1.65. The first-order chi connectivity index (χ1) is 22.5. The van der Waals surface area contributed by atoms with Crippen LogP contribution in [-0.4, -0.2) is 50.4 Å². The Morgan fingerprint density at radius 1 is 0.830 bits per heavy atom. The van der Waals surface area contributed by atoms with Gasteiger partial charge in [0.05, 0.1) is 27.2 Å². The molecule has 0 unspecified atom stereocenters. The van der Waals surface area contributed by atoms with E-state index in [4.69, 9.17) is 27.9 Å². The molecule has 0 fully saturated rings. The number of benzene rings is 4. The molecule has 1 N–H and O–H groups in total. The van der Waals surface area contributed by atoms with Gasteiger partial charge >= 0.3 is 0 Å². The Morgan fingerprint density at radius 3 is 2.11 bits per heavy atom. The topological polar surface area (TPSA) is 96.0 Å². The van der Waals surface area contributed by atoms with Crippen LogP contribution in [0.1, 0.15) is 38.3 Å². The SMILES string of the molecule is CCOc1ccccc1N(CC(=O)N(Cc1ccc(Cl)c(Cl)c1)[C@H](Cc1ccccc1)C(=O)N[C@@H](C)CC)S(=O)(=O)c1ccccc1. The highest BCUT2D eigenvalue weighted by Crippen LogP contribution is 2.33. The molecule has 0 spiro atoms. The minimum atomic E-state index is -4.27. The molecule has 8 nitrogen and oxygen atoms in total. The maximum absolute atomic E-state index is 14.7. The molecule has 11 heteroatoms. The molecule has 2 atom stereocenters. The van der Waals surface area contributed by atoms with E-state index in [1.165, 1.54) is 17.0 Å². The van der Waals surface area contributed by atoms with Crippen molar-refractivity contribution in [3.63, 3.8) is 0 Å². The van der Waals surface area contributed by atoms with Gasteiger partial charge in [0.25, 0.3) is 10.0 Å². The summed E-state index contributed by atoms with van der Waals surface area (Å²) >= 11 is 12.6. The van der Waals surface area contributed by atoms with Gasteiger partial charge in [-0.2, -0.15) is 0 Å². The smallest absolute Gasteiger partial charge is 0.264 e. The fraction of sp³-hybridized carbons (Fsp3) is 0.278. The maximum Gasteiger partial charge on any atom is 0.264 e. The van der Waals surface area contributed by atoms with Crippen molar-refractivity contribution < 1.29 is 22.7 Å². The highest BCUT2D eigenvalue weighted by atomic mass is 35.5. The zero-order valence-electron chi connectivity index (χ0n) is 26.6. The quantitative estimate of drug-likeness (QED) is 0.143. The number of hydrogen-bond donors (Lipinski definition) is 1. The number of carbonyl (C=O) groups excluding carboxylic acids is 2. The molecule has 0 bridgehead atoms. The van der Waals surface area contributed by atoms with Crippen molar-refractivity contribution in [2.45, 2.75) is 57.1 Å². The van der Waals surface area contributed by atoms with E-state index in [-0.39, 0.29) is 42.1 Å². The molecule has 2 amide bonds. The van der Waals surface area contributed by atoms with E-state index >= 15 is 0 Å². The molecule has 248 valence electrons. The summed E-state index contributed by atoms with van der Waals surface area (Å²) in [5, 5.41) is 3.66. The first kappa shape index (κ1) is 35.8. The summed E-state index contributed by atoms with van der Waals surface area (Å²) in [5.74, 6) is -0.653. The molecule has 0 heterocycles. The van der Waals surface area contributed by atoms with Crippen LogP contribution in [0, 0.1) is 0 Å². The van der Waals surface area contributed by atoms with Gasteiger partial charge in [-0.3, -0.25) is 13.9 Å². The summed E-state index contributed by atoms with van der Waals surface area (Å²) in [4.78, 5) is 30.1. The average molecular weight is 697 g/mol. The van der Waals surface area contributed by atoms with Gasteiger partial charge in [-0.25, -0.2) is 8.42 Å². The number of amides is 2. The molecule has 0 aromatic heterocycles. The number of halogens is 2. The number of para-hydroxylation sites is 2. The molecule has 47 heavy (non-hydrogen) atoms. The van der Waals surface area contributed by atoms with Crippen molar-refractivity contribution in [2.75, 3.05) is 17.5 Å². The van der Waals surface area contributed by atoms with Crippen LogP contribution in [0.5, 0.6) is 5.75 Å². The van der Waals surface area contributed by atoms with Crippen LogP contribution in [0.2, 0.25) is 10.0 Å². The van der Waals surface area contributed by atoms with E-state index in [1.807, 2.05) is 44.2 Å². The first-order valence-corrected chi connectivity index (χ1v) is 17.6. The molecule has 0 radical (unpaired) electrons. The Morgan fingerprint density at radius 2 is 1.47 bits per heavy atom. The number of ether oxygens (including phenoxy) is 1. The summed E-state index contributed by atoms with van der Waals surface area (Å²) in [6.45, 7) is 5.28. The second-order valence-electron chi connectivity index (χ2n) is 11.0. The van der Waals surface area contributed by atoms with Gasteiger partial charge in [0.2, 0.25) is 11.8 Å². The number of anilines is 1. The monoisotopic (exact) mass is 695 g/mol. The molecule has 4 aromatic carbocycles. The molecule has 4 aromatic rings. The van der Waals surface area contributed by atoms with Crippen molar-refractivity contribution in [3.05, 3.63) is 124 Å². The van der Waals surface area contributed by atoms with E-state index in [0.717, 1.165) is 9.87 Å². The minimum absolute atomic E-state index is 0.00508.